The second-order valence-electron chi connectivity index (χ2n) is 3.79. The molecule has 0 saturated carbocycles. The Hall–Kier alpha value is -1.75. The lowest BCUT2D eigenvalue weighted by atomic mass is 10.1. The number of nitrogens with one attached hydrogen (secondary N) is 1. The van der Waals surface area contributed by atoms with Crippen molar-refractivity contribution in [2.24, 2.45) is 0 Å². The highest BCUT2D eigenvalue weighted by Crippen LogP contribution is 2.33. The third-order valence-corrected chi connectivity index (χ3v) is 3.68. The third kappa shape index (κ3) is 4.13. The molecule has 1 rings (SSSR count). The Kier molecular flexibility index (Phi) is 4.42. The van der Waals surface area contributed by atoms with Crippen molar-refractivity contribution < 1.29 is 21.6 Å². The van der Waals surface area contributed by atoms with Gasteiger partial charge >= 0.3 is 6.18 Å². The fourth-order valence-corrected chi connectivity index (χ4v) is 2.56. The second-order valence-corrected chi connectivity index (χ2v) is 5.63. The smallest absolute Gasteiger partial charge is 0.284 e. The van der Waals surface area contributed by atoms with Crippen molar-refractivity contribution in [2.75, 3.05) is 10.5 Å². The summed E-state index contributed by atoms with van der Waals surface area (Å²) in [7, 11) is -3.67. The zero-order valence-electron chi connectivity index (χ0n) is 9.95. The highest BCUT2D eigenvalue weighted by molar-refractivity contribution is 7.92. The Morgan fingerprint density at radius 1 is 1.37 bits per heavy atom. The van der Waals surface area contributed by atoms with Gasteiger partial charge in [-0.3, -0.25) is 4.72 Å². The van der Waals surface area contributed by atoms with Gasteiger partial charge in [0, 0.05) is 5.69 Å². The third-order valence-electron chi connectivity index (χ3n) is 2.19. The molecule has 0 atom stereocenters. The molecule has 1 aromatic carbocycles. The monoisotopic (exact) mass is 292 g/mol. The lowest BCUT2D eigenvalue weighted by molar-refractivity contribution is -0.137. The predicted octanol–water partition coefficient (Wildman–Crippen LogP) is 2.73. The molecule has 19 heavy (non-hydrogen) atoms. The molecule has 0 aromatic heterocycles. The number of rotatable bonds is 4. The Balaban J connectivity index is 3.18. The molecule has 8 heteroatoms. The molecule has 1 aromatic rings. The van der Waals surface area contributed by atoms with Crippen molar-refractivity contribution in [3.8, 4) is 6.07 Å². The van der Waals surface area contributed by atoms with Gasteiger partial charge in [-0.2, -0.15) is 18.4 Å². The number of benzene rings is 1. The Morgan fingerprint density at radius 2 is 2.00 bits per heavy atom. The van der Waals surface area contributed by atoms with E-state index in [1.54, 1.807) is 6.92 Å². The largest absolute Gasteiger partial charge is 0.417 e. The Bertz CT molecular complexity index is 603. The first-order valence-corrected chi connectivity index (χ1v) is 6.96. The highest BCUT2D eigenvalue weighted by atomic mass is 32.2. The van der Waals surface area contributed by atoms with Gasteiger partial charge in [0.1, 0.15) is 0 Å². The molecule has 0 aliphatic heterocycles. The summed E-state index contributed by atoms with van der Waals surface area (Å²) in [5.74, 6) is -0.186. The SMILES string of the molecule is CCCS(=O)(=O)Nc1ccc(C#N)c(C(F)(F)F)c1. The summed E-state index contributed by atoms with van der Waals surface area (Å²) in [5.41, 5.74) is -1.92. The van der Waals surface area contributed by atoms with Crippen molar-refractivity contribution >= 4 is 15.7 Å². The van der Waals surface area contributed by atoms with Crippen LogP contribution < -0.4 is 4.72 Å². The van der Waals surface area contributed by atoms with Crippen molar-refractivity contribution in [3.63, 3.8) is 0 Å². The zero-order chi connectivity index (χ0) is 14.7. The number of hydrogen-bond acceptors (Lipinski definition) is 3. The van der Waals surface area contributed by atoms with Crippen molar-refractivity contribution in [3.05, 3.63) is 29.3 Å². The molecule has 0 aliphatic rings. The first kappa shape index (κ1) is 15.3. The van der Waals surface area contributed by atoms with Crippen LogP contribution in [0.3, 0.4) is 0 Å². The van der Waals surface area contributed by atoms with Gasteiger partial charge in [0.2, 0.25) is 10.0 Å². The van der Waals surface area contributed by atoms with Crippen LogP contribution in [-0.2, 0) is 16.2 Å². The summed E-state index contributed by atoms with van der Waals surface area (Å²) in [6.07, 6.45) is -4.37. The van der Waals surface area contributed by atoms with Gasteiger partial charge < -0.3 is 0 Å². The molecular weight excluding hydrogens is 281 g/mol. The lowest BCUT2D eigenvalue weighted by Crippen LogP contribution is -2.17. The van der Waals surface area contributed by atoms with Gasteiger partial charge in [-0.15, -0.1) is 0 Å². The molecule has 4 nitrogen and oxygen atoms in total. The lowest BCUT2D eigenvalue weighted by Gasteiger charge is -2.12. The van der Waals surface area contributed by atoms with Crippen LogP contribution in [0.5, 0.6) is 0 Å². The number of sulfonamides is 1. The molecule has 1 N–H and O–H groups in total. The van der Waals surface area contributed by atoms with Crippen LogP contribution >= 0.6 is 0 Å². The molecule has 0 radical (unpaired) electrons. The molecule has 0 aliphatic carbocycles. The molecule has 0 bridgehead atoms. The van der Waals surface area contributed by atoms with E-state index in [1.807, 2.05) is 4.72 Å². The average Bonchev–Trinajstić information content (AvgIpc) is 2.27. The summed E-state index contributed by atoms with van der Waals surface area (Å²) in [4.78, 5) is 0. The van der Waals surface area contributed by atoms with E-state index in [4.69, 9.17) is 5.26 Å². The van der Waals surface area contributed by atoms with E-state index in [9.17, 15) is 21.6 Å². The predicted molar refractivity (Wildman–Crippen MR) is 63.9 cm³/mol. The van der Waals surface area contributed by atoms with Crippen LogP contribution in [0, 0.1) is 11.3 Å². The van der Waals surface area contributed by atoms with Gasteiger partial charge in [-0.1, -0.05) is 6.92 Å². The highest BCUT2D eigenvalue weighted by Gasteiger charge is 2.34. The summed E-state index contributed by atoms with van der Waals surface area (Å²) in [6.45, 7) is 1.64. The second kappa shape index (κ2) is 5.48. The van der Waals surface area contributed by atoms with E-state index < -0.39 is 27.3 Å². The topological polar surface area (TPSA) is 70.0 Å². The number of halogens is 3. The number of anilines is 1. The van der Waals surface area contributed by atoms with Crippen LogP contribution in [0.1, 0.15) is 24.5 Å². The minimum Gasteiger partial charge on any atom is -0.284 e. The summed E-state index contributed by atoms with van der Waals surface area (Å²) < 4.78 is 63.0. The summed E-state index contributed by atoms with van der Waals surface area (Å²) in [6, 6.07) is 4.10. The van der Waals surface area contributed by atoms with E-state index in [2.05, 4.69) is 0 Å². The first-order valence-electron chi connectivity index (χ1n) is 5.31. The molecule has 0 heterocycles. The van der Waals surface area contributed by atoms with Gasteiger partial charge in [-0.25, -0.2) is 8.42 Å². The number of nitriles is 1. The zero-order valence-corrected chi connectivity index (χ0v) is 10.8. The number of nitrogens with zero attached hydrogens (tertiary/aromatic N) is 1. The summed E-state index contributed by atoms with van der Waals surface area (Å²) in [5, 5.41) is 8.60. The molecule has 104 valence electrons. The normalized spacial score (nSPS) is 11.9. The van der Waals surface area contributed by atoms with Crippen LogP contribution in [0.15, 0.2) is 18.2 Å². The van der Waals surface area contributed by atoms with Gasteiger partial charge in [0.15, 0.2) is 0 Å². The minimum absolute atomic E-state index is 0.186. The molecule has 0 amide bonds. The maximum absolute atomic E-state index is 12.7. The summed E-state index contributed by atoms with van der Waals surface area (Å²) >= 11 is 0. The molecular formula is C11H11F3N2O2S. The maximum atomic E-state index is 12.7. The Morgan fingerprint density at radius 3 is 2.47 bits per heavy atom. The molecule has 0 unspecified atom stereocenters. The van der Waals surface area contributed by atoms with Gasteiger partial charge in [-0.05, 0) is 24.6 Å². The van der Waals surface area contributed by atoms with E-state index >= 15 is 0 Å². The van der Waals surface area contributed by atoms with Crippen molar-refractivity contribution in [1.29, 1.82) is 5.26 Å². The van der Waals surface area contributed by atoms with Crippen LogP contribution in [-0.4, -0.2) is 14.2 Å². The van der Waals surface area contributed by atoms with E-state index in [-0.39, 0.29) is 11.4 Å². The maximum Gasteiger partial charge on any atom is 0.417 e. The number of hydrogen-bond donors (Lipinski definition) is 1. The fourth-order valence-electron chi connectivity index (χ4n) is 1.44. The first-order chi connectivity index (χ1) is 8.69. The minimum atomic E-state index is -4.71. The van der Waals surface area contributed by atoms with Crippen LogP contribution in [0.2, 0.25) is 0 Å². The van der Waals surface area contributed by atoms with E-state index in [0.29, 0.717) is 12.5 Å². The van der Waals surface area contributed by atoms with Crippen LogP contribution in [0.25, 0.3) is 0 Å². The molecule has 0 spiro atoms. The Labute approximate surface area is 108 Å². The van der Waals surface area contributed by atoms with Crippen LogP contribution in [0.4, 0.5) is 18.9 Å². The average molecular weight is 292 g/mol. The van der Waals surface area contributed by atoms with Gasteiger partial charge in [0.05, 0.1) is 22.9 Å². The quantitative estimate of drug-likeness (QED) is 0.927. The fraction of sp³-hybridized carbons (Fsp3) is 0.364. The van der Waals surface area contributed by atoms with Crippen molar-refractivity contribution in [1.82, 2.24) is 0 Å². The van der Waals surface area contributed by atoms with E-state index in [0.717, 1.165) is 12.1 Å². The molecule has 0 saturated heterocycles. The standard InChI is InChI=1S/C11H11F3N2O2S/c1-2-5-19(17,18)16-9-4-3-8(7-15)10(6-9)11(12,13)14/h3-4,6,16H,2,5H2,1H3. The van der Waals surface area contributed by atoms with E-state index in [1.165, 1.54) is 6.07 Å². The number of alkyl halides is 3. The molecule has 0 fully saturated rings. The van der Waals surface area contributed by atoms with Crippen molar-refractivity contribution in [2.45, 2.75) is 19.5 Å². The van der Waals surface area contributed by atoms with Gasteiger partial charge in [0.25, 0.3) is 0 Å².